The van der Waals surface area contributed by atoms with Gasteiger partial charge >= 0.3 is 0 Å². The van der Waals surface area contributed by atoms with Gasteiger partial charge in [-0.15, -0.1) is 0 Å². The predicted octanol–water partition coefficient (Wildman–Crippen LogP) is 4.02. The Morgan fingerprint density at radius 1 is 0.968 bits per heavy atom. The Labute approximate surface area is 179 Å². The van der Waals surface area contributed by atoms with E-state index in [0.29, 0.717) is 23.7 Å². The van der Waals surface area contributed by atoms with Crippen molar-refractivity contribution in [2.45, 2.75) is 18.8 Å². The molecule has 2 N–H and O–H groups in total. The highest BCUT2D eigenvalue weighted by Crippen LogP contribution is 2.43. The van der Waals surface area contributed by atoms with Crippen LogP contribution in [0, 0.1) is 0 Å². The standard InChI is InChI=1S/C24H22O7/c1-28-18-9-8-15(10-19(18)30-13-14-6-4-3-5-7-14)23-24(29-2)22(27)21-17(26)11-16(25)12-20(21)31-23/h3-12,23-26H,13H2,1-2H3. The molecular formula is C24H22O7. The number of ether oxygens (including phenoxy) is 4. The van der Waals surface area contributed by atoms with E-state index in [-0.39, 0.29) is 22.8 Å². The number of hydrogen-bond acceptors (Lipinski definition) is 7. The number of methoxy groups -OCH3 is 2. The minimum absolute atomic E-state index is 0.0186. The van der Waals surface area contributed by atoms with E-state index in [9.17, 15) is 15.0 Å². The normalized spacial score (nSPS) is 17.5. The third-order valence-corrected chi connectivity index (χ3v) is 5.11. The van der Waals surface area contributed by atoms with Crippen molar-refractivity contribution in [2.75, 3.05) is 14.2 Å². The van der Waals surface area contributed by atoms with Gasteiger partial charge < -0.3 is 29.2 Å². The van der Waals surface area contributed by atoms with Crippen molar-refractivity contribution in [1.29, 1.82) is 0 Å². The van der Waals surface area contributed by atoms with Gasteiger partial charge in [-0.3, -0.25) is 4.79 Å². The van der Waals surface area contributed by atoms with Crippen LogP contribution in [0.1, 0.15) is 27.6 Å². The Kier molecular flexibility index (Phi) is 5.68. The average Bonchev–Trinajstić information content (AvgIpc) is 2.77. The van der Waals surface area contributed by atoms with Crippen molar-refractivity contribution >= 4 is 5.78 Å². The van der Waals surface area contributed by atoms with E-state index in [0.717, 1.165) is 11.6 Å². The number of carbonyl (C=O) groups is 1. The zero-order valence-corrected chi connectivity index (χ0v) is 17.1. The largest absolute Gasteiger partial charge is 0.508 e. The number of fused-ring (bicyclic) bond motifs is 1. The van der Waals surface area contributed by atoms with E-state index in [1.165, 1.54) is 13.2 Å². The maximum Gasteiger partial charge on any atom is 0.203 e. The molecular weight excluding hydrogens is 400 g/mol. The molecule has 0 aliphatic carbocycles. The third-order valence-electron chi connectivity index (χ3n) is 5.11. The van der Waals surface area contributed by atoms with E-state index in [2.05, 4.69) is 0 Å². The van der Waals surface area contributed by atoms with Crippen molar-refractivity contribution in [3.05, 3.63) is 77.4 Å². The first-order chi connectivity index (χ1) is 15.0. The average molecular weight is 422 g/mol. The summed E-state index contributed by atoms with van der Waals surface area (Å²) in [4.78, 5) is 13.0. The van der Waals surface area contributed by atoms with Gasteiger partial charge in [0.25, 0.3) is 0 Å². The Morgan fingerprint density at radius 3 is 2.45 bits per heavy atom. The highest BCUT2D eigenvalue weighted by atomic mass is 16.5. The molecule has 31 heavy (non-hydrogen) atoms. The quantitative estimate of drug-likeness (QED) is 0.620. The molecule has 0 saturated heterocycles. The van der Waals surface area contributed by atoms with Crippen molar-refractivity contribution < 1.29 is 34.0 Å². The van der Waals surface area contributed by atoms with Gasteiger partial charge in [0.05, 0.1) is 7.11 Å². The van der Waals surface area contributed by atoms with Crippen LogP contribution in [0.3, 0.4) is 0 Å². The second-order valence-corrected chi connectivity index (χ2v) is 7.08. The molecule has 0 amide bonds. The Morgan fingerprint density at radius 2 is 1.74 bits per heavy atom. The smallest absolute Gasteiger partial charge is 0.203 e. The molecule has 4 rings (SSSR count). The monoisotopic (exact) mass is 422 g/mol. The van der Waals surface area contributed by atoms with Gasteiger partial charge in [0.2, 0.25) is 5.78 Å². The van der Waals surface area contributed by atoms with E-state index in [4.69, 9.17) is 18.9 Å². The molecule has 0 spiro atoms. The predicted molar refractivity (Wildman–Crippen MR) is 112 cm³/mol. The summed E-state index contributed by atoms with van der Waals surface area (Å²) < 4.78 is 22.8. The van der Waals surface area contributed by atoms with Crippen molar-refractivity contribution in [2.24, 2.45) is 0 Å². The van der Waals surface area contributed by atoms with Gasteiger partial charge in [-0.25, -0.2) is 0 Å². The minimum Gasteiger partial charge on any atom is -0.508 e. The summed E-state index contributed by atoms with van der Waals surface area (Å²) in [6, 6.07) is 17.3. The van der Waals surface area contributed by atoms with Crippen LogP contribution in [-0.4, -0.2) is 36.3 Å². The number of aromatic hydroxyl groups is 2. The lowest BCUT2D eigenvalue weighted by Gasteiger charge is -2.32. The van der Waals surface area contributed by atoms with Gasteiger partial charge in [-0.2, -0.15) is 0 Å². The molecule has 7 nitrogen and oxygen atoms in total. The molecule has 1 aliphatic heterocycles. The summed E-state index contributed by atoms with van der Waals surface area (Å²) in [6.07, 6.45) is -1.80. The van der Waals surface area contributed by atoms with Crippen LogP contribution in [0.5, 0.6) is 28.7 Å². The summed E-state index contributed by atoms with van der Waals surface area (Å²) in [5.74, 6) is 0.102. The van der Waals surface area contributed by atoms with Gasteiger partial charge in [0.15, 0.2) is 23.7 Å². The SMILES string of the molecule is COc1ccc(C2Oc3cc(O)cc(O)c3C(=O)C2OC)cc1OCc1ccccc1. The summed E-state index contributed by atoms with van der Waals surface area (Å²) >= 11 is 0. The molecule has 1 aliphatic rings. The lowest BCUT2D eigenvalue weighted by Crippen LogP contribution is -2.37. The van der Waals surface area contributed by atoms with Crippen molar-refractivity contribution in [1.82, 2.24) is 0 Å². The molecule has 3 aromatic rings. The summed E-state index contributed by atoms with van der Waals surface area (Å²) in [6.45, 7) is 0.337. The molecule has 7 heteroatoms. The topological polar surface area (TPSA) is 94.5 Å². The summed E-state index contributed by atoms with van der Waals surface area (Å²) in [5, 5.41) is 19.9. The number of ketones is 1. The zero-order chi connectivity index (χ0) is 22.0. The zero-order valence-electron chi connectivity index (χ0n) is 17.1. The number of rotatable bonds is 6. The van der Waals surface area contributed by atoms with Crippen molar-refractivity contribution in [3.8, 4) is 28.7 Å². The Bertz CT molecular complexity index is 1090. The van der Waals surface area contributed by atoms with Crippen LogP contribution < -0.4 is 14.2 Å². The molecule has 0 bridgehead atoms. The molecule has 0 fully saturated rings. The van der Waals surface area contributed by atoms with Crippen LogP contribution in [0.4, 0.5) is 0 Å². The summed E-state index contributed by atoms with van der Waals surface area (Å²) in [7, 11) is 2.95. The van der Waals surface area contributed by atoms with Crippen LogP contribution in [-0.2, 0) is 11.3 Å². The lowest BCUT2D eigenvalue weighted by molar-refractivity contribution is -0.00117. The van der Waals surface area contributed by atoms with Gasteiger partial charge in [-0.1, -0.05) is 36.4 Å². The number of phenols is 2. The molecule has 0 saturated carbocycles. The van der Waals surface area contributed by atoms with Crippen LogP contribution in [0.15, 0.2) is 60.7 Å². The van der Waals surface area contributed by atoms with Crippen LogP contribution in [0.2, 0.25) is 0 Å². The maximum absolute atomic E-state index is 13.0. The highest BCUT2D eigenvalue weighted by molar-refractivity contribution is 6.05. The Hall–Kier alpha value is -3.71. The number of hydrogen-bond donors (Lipinski definition) is 2. The molecule has 160 valence electrons. The minimum atomic E-state index is -0.988. The molecule has 2 unspecified atom stereocenters. The number of Topliss-reactive ketones (excluding diaryl/α,β-unsaturated/α-hetero) is 1. The lowest BCUT2D eigenvalue weighted by atomic mass is 9.92. The molecule has 2 atom stereocenters. The highest BCUT2D eigenvalue weighted by Gasteiger charge is 2.40. The van der Waals surface area contributed by atoms with E-state index >= 15 is 0 Å². The molecule has 1 heterocycles. The second kappa shape index (κ2) is 8.57. The second-order valence-electron chi connectivity index (χ2n) is 7.08. The first-order valence-electron chi connectivity index (χ1n) is 9.66. The van der Waals surface area contributed by atoms with Crippen LogP contribution in [0.25, 0.3) is 0 Å². The molecule has 3 aromatic carbocycles. The van der Waals surface area contributed by atoms with E-state index in [1.54, 1.807) is 25.3 Å². The summed E-state index contributed by atoms with van der Waals surface area (Å²) in [5.41, 5.74) is 1.60. The fourth-order valence-corrected chi connectivity index (χ4v) is 3.60. The number of benzene rings is 3. The van der Waals surface area contributed by atoms with Crippen LogP contribution >= 0.6 is 0 Å². The fraction of sp³-hybridized carbons (Fsp3) is 0.208. The number of carbonyl (C=O) groups excluding carboxylic acids is 1. The van der Waals surface area contributed by atoms with Gasteiger partial charge in [0, 0.05) is 19.2 Å². The van der Waals surface area contributed by atoms with Gasteiger partial charge in [0.1, 0.15) is 29.4 Å². The fourth-order valence-electron chi connectivity index (χ4n) is 3.60. The first kappa shape index (κ1) is 20.6. The third kappa shape index (κ3) is 4.00. The van der Waals surface area contributed by atoms with Gasteiger partial charge in [-0.05, 0) is 23.3 Å². The maximum atomic E-state index is 13.0. The number of phenolic OH excluding ortho intramolecular Hbond substituents is 2. The van der Waals surface area contributed by atoms with Crippen molar-refractivity contribution in [3.63, 3.8) is 0 Å². The van der Waals surface area contributed by atoms with E-state index in [1.807, 2.05) is 30.3 Å². The first-order valence-corrected chi connectivity index (χ1v) is 9.66. The molecule has 0 aromatic heterocycles. The molecule has 0 radical (unpaired) electrons. The Balaban J connectivity index is 1.68. The van der Waals surface area contributed by atoms with E-state index < -0.39 is 18.0 Å².